The van der Waals surface area contributed by atoms with Crippen LogP contribution in [-0.4, -0.2) is 42.6 Å². The topological polar surface area (TPSA) is 121 Å². The highest BCUT2D eigenvalue weighted by Gasteiger charge is 2.09. The third-order valence-corrected chi connectivity index (χ3v) is 5.61. The monoisotopic (exact) mass is 545 g/mol. The van der Waals surface area contributed by atoms with Gasteiger partial charge in [0.2, 0.25) is 11.0 Å². The molecule has 2 aromatic carbocycles. The molecule has 9 nitrogen and oxygen atoms in total. The van der Waals surface area contributed by atoms with Gasteiger partial charge >= 0.3 is 0 Å². The van der Waals surface area contributed by atoms with E-state index in [4.69, 9.17) is 19.9 Å². The predicted molar refractivity (Wildman–Crippen MR) is 136 cm³/mol. The number of benzene rings is 2. The van der Waals surface area contributed by atoms with Crippen molar-refractivity contribution in [3.8, 4) is 17.2 Å². The fraction of sp³-hybridized carbons (Fsp3) is 0.217. The summed E-state index contributed by atoms with van der Waals surface area (Å²) in [6.07, 6.45) is 4.14. The van der Waals surface area contributed by atoms with Crippen molar-refractivity contribution in [2.45, 2.75) is 12.8 Å². The van der Waals surface area contributed by atoms with Crippen molar-refractivity contribution in [1.29, 1.82) is 0 Å². The third kappa shape index (κ3) is 7.56. The smallest absolute Gasteiger partial charge is 0.247 e. The fourth-order valence-corrected chi connectivity index (χ4v) is 3.86. The number of methoxy groups -OCH3 is 1. The maximum absolute atomic E-state index is 12.0. The predicted octanol–water partition coefficient (Wildman–Crippen LogP) is 3.77. The number of nitrogen functional groups attached to an aromatic ring is 1. The number of nitrogens with one attached hydrogen (secondary N) is 1. The van der Waals surface area contributed by atoms with E-state index in [1.54, 1.807) is 7.11 Å². The highest BCUT2D eigenvalue weighted by molar-refractivity contribution is 9.10. The molecule has 3 N–H and O–H groups in total. The number of allylic oxidation sites excluding steroid dienone is 1. The third-order valence-electron chi connectivity index (χ3n) is 4.37. The van der Waals surface area contributed by atoms with Gasteiger partial charge in [0.15, 0.2) is 11.5 Å². The lowest BCUT2D eigenvalue weighted by atomic mass is 10.1. The zero-order valence-electron chi connectivity index (χ0n) is 18.5. The lowest BCUT2D eigenvalue weighted by Crippen LogP contribution is -2.19. The molecule has 0 aliphatic heterocycles. The van der Waals surface area contributed by atoms with Crippen molar-refractivity contribution < 1.29 is 19.0 Å². The largest absolute Gasteiger partial charge is 0.493 e. The lowest BCUT2D eigenvalue weighted by Gasteiger charge is -2.13. The molecule has 0 saturated carbocycles. The van der Waals surface area contributed by atoms with Gasteiger partial charge in [-0.1, -0.05) is 39.4 Å². The van der Waals surface area contributed by atoms with E-state index in [0.29, 0.717) is 46.2 Å². The summed E-state index contributed by atoms with van der Waals surface area (Å²) < 4.78 is 18.0. The minimum absolute atomic E-state index is 0.0451. The summed E-state index contributed by atoms with van der Waals surface area (Å²) in [6, 6.07) is 11.3. The first kappa shape index (κ1) is 25.2. The van der Waals surface area contributed by atoms with E-state index < -0.39 is 0 Å². The molecule has 178 valence electrons. The molecule has 0 spiro atoms. The van der Waals surface area contributed by atoms with Crippen LogP contribution in [0, 0.1) is 0 Å². The number of carbonyl (C=O) groups is 1. The second-order valence-electron chi connectivity index (χ2n) is 6.86. The van der Waals surface area contributed by atoms with Gasteiger partial charge in [-0.3, -0.25) is 4.79 Å². The molecule has 0 unspecified atom stereocenters. The number of ether oxygens (including phenoxy) is 3. The molecule has 0 radical (unpaired) electrons. The summed E-state index contributed by atoms with van der Waals surface area (Å²) in [5.41, 5.74) is 9.76. The molecule has 34 heavy (non-hydrogen) atoms. The van der Waals surface area contributed by atoms with E-state index in [2.05, 4.69) is 43.2 Å². The minimum atomic E-state index is -0.327. The molecule has 3 rings (SSSR count). The molecule has 1 aromatic heterocycles. The Morgan fingerprint density at radius 3 is 2.65 bits per heavy atom. The first-order valence-corrected chi connectivity index (χ1v) is 11.8. The van der Waals surface area contributed by atoms with Gasteiger partial charge in [-0.05, 0) is 42.3 Å². The van der Waals surface area contributed by atoms with Crippen molar-refractivity contribution in [2.24, 2.45) is 5.10 Å². The second kappa shape index (κ2) is 12.7. The van der Waals surface area contributed by atoms with E-state index in [9.17, 15) is 4.79 Å². The maximum Gasteiger partial charge on any atom is 0.247 e. The zero-order chi connectivity index (χ0) is 24.3. The number of nitrogens with zero attached hydrogens (tertiary/aromatic N) is 3. The number of rotatable bonds is 12. The molecule has 0 aliphatic carbocycles. The van der Waals surface area contributed by atoms with Gasteiger partial charge in [0, 0.05) is 10.0 Å². The number of amides is 1. The Morgan fingerprint density at radius 1 is 1.18 bits per heavy atom. The standard InChI is InChI=1S/C23H24BrN5O4S/c1-3-4-15-5-7-19(20(11-15)31-2)33-10-9-32-18-8-6-17(24)12-16(18)14-26-27-21(30)13-22-28-29-23(25)34-22/h3,5-8,11-12,14H,1,4,9-10,13H2,2H3,(H2,25,29)(H,27,30)/b26-14+. The van der Waals surface area contributed by atoms with Gasteiger partial charge in [0.1, 0.15) is 24.0 Å². The van der Waals surface area contributed by atoms with Crippen LogP contribution in [0.2, 0.25) is 0 Å². The molecule has 0 saturated heterocycles. The van der Waals surface area contributed by atoms with Crippen LogP contribution in [-0.2, 0) is 17.6 Å². The number of anilines is 1. The van der Waals surface area contributed by atoms with E-state index >= 15 is 0 Å². The Morgan fingerprint density at radius 2 is 1.94 bits per heavy atom. The first-order valence-electron chi connectivity index (χ1n) is 10.2. The van der Waals surface area contributed by atoms with Gasteiger partial charge in [0.25, 0.3) is 0 Å². The molecule has 0 fully saturated rings. The number of halogens is 1. The summed E-state index contributed by atoms with van der Waals surface area (Å²) >= 11 is 4.59. The molecule has 1 amide bonds. The summed E-state index contributed by atoms with van der Waals surface area (Å²) in [5, 5.41) is 12.3. The molecule has 1 heterocycles. The molecule has 0 aliphatic rings. The molecule has 0 atom stereocenters. The van der Waals surface area contributed by atoms with Crippen molar-refractivity contribution in [3.05, 3.63) is 69.7 Å². The van der Waals surface area contributed by atoms with Gasteiger partial charge in [0.05, 0.1) is 19.7 Å². The van der Waals surface area contributed by atoms with Crippen LogP contribution in [0.3, 0.4) is 0 Å². The fourth-order valence-electron chi connectivity index (χ4n) is 2.87. The van der Waals surface area contributed by atoms with Crippen molar-refractivity contribution in [2.75, 3.05) is 26.1 Å². The Hall–Kier alpha value is -3.44. The van der Waals surface area contributed by atoms with E-state index in [1.165, 1.54) is 6.21 Å². The molecule has 11 heteroatoms. The summed E-state index contributed by atoms with van der Waals surface area (Å²) in [5.74, 6) is 1.56. The first-order chi connectivity index (χ1) is 16.5. The molecule has 3 aromatic rings. The Bertz CT molecular complexity index is 1170. The van der Waals surface area contributed by atoms with Crippen LogP contribution >= 0.6 is 27.3 Å². The van der Waals surface area contributed by atoms with Gasteiger partial charge in [-0.25, -0.2) is 5.43 Å². The van der Waals surface area contributed by atoms with Crippen molar-refractivity contribution >= 4 is 44.5 Å². The van der Waals surface area contributed by atoms with Gasteiger partial charge in [-0.2, -0.15) is 5.10 Å². The summed E-state index contributed by atoms with van der Waals surface area (Å²) in [6.45, 7) is 4.36. The van der Waals surface area contributed by atoms with Crippen LogP contribution in [0.1, 0.15) is 16.1 Å². The molecule has 0 bridgehead atoms. The quantitative estimate of drug-likeness (QED) is 0.154. The van der Waals surface area contributed by atoms with E-state index in [1.807, 2.05) is 42.5 Å². The summed E-state index contributed by atoms with van der Waals surface area (Å²) in [7, 11) is 1.60. The van der Waals surface area contributed by atoms with Crippen LogP contribution < -0.4 is 25.4 Å². The van der Waals surface area contributed by atoms with Crippen LogP contribution in [0.4, 0.5) is 5.13 Å². The number of nitrogens with two attached hydrogens (primary N) is 1. The Balaban J connectivity index is 1.54. The SMILES string of the molecule is C=CCc1ccc(OCCOc2ccc(Br)cc2/C=N/NC(=O)Cc2nnc(N)s2)c(OC)c1. The van der Waals surface area contributed by atoms with Crippen LogP contribution in [0.15, 0.2) is 58.6 Å². The Kier molecular flexibility index (Phi) is 9.41. The highest BCUT2D eigenvalue weighted by Crippen LogP contribution is 2.28. The van der Waals surface area contributed by atoms with Crippen molar-refractivity contribution in [3.63, 3.8) is 0 Å². The zero-order valence-corrected chi connectivity index (χ0v) is 20.9. The lowest BCUT2D eigenvalue weighted by molar-refractivity contribution is -0.120. The number of hydrazone groups is 1. The van der Waals surface area contributed by atoms with Gasteiger partial charge < -0.3 is 19.9 Å². The second-order valence-corrected chi connectivity index (χ2v) is 8.87. The van der Waals surface area contributed by atoms with Crippen LogP contribution in [0.5, 0.6) is 17.2 Å². The van der Waals surface area contributed by atoms with Crippen molar-refractivity contribution in [1.82, 2.24) is 15.6 Å². The average Bonchev–Trinajstić information content (AvgIpc) is 3.22. The normalized spacial score (nSPS) is 10.8. The molecular weight excluding hydrogens is 522 g/mol. The average molecular weight is 546 g/mol. The number of hydrogen-bond donors (Lipinski definition) is 2. The van der Waals surface area contributed by atoms with E-state index in [-0.39, 0.29) is 12.3 Å². The minimum Gasteiger partial charge on any atom is -0.493 e. The highest BCUT2D eigenvalue weighted by atomic mass is 79.9. The number of hydrogen-bond acceptors (Lipinski definition) is 9. The van der Waals surface area contributed by atoms with Gasteiger partial charge in [-0.15, -0.1) is 16.8 Å². The summed E-state index contributed by atoms with van der Waals surface area (Å²) in [4.78, 5) is 12.0. The van der Waals surface area contributed by atoms with Crippen LogP contribution in [0.25, 0.3) is 0 Å². The number of aromatic nitrogens is 2. The number of carbonyl (C=O) groups excluding carboxylic acids is 1. The molecular formula is C23H24BrN5O4S. The Labute approximate surface area is 209 Å². The van der Waals surface area contributed by atoms with E-state index in [0.717, 1.165) is 27.8 Å². The maximum atomic E-state index is 12.0.